The fourth-order valence-electron chi connectivity index (χ4n) is 2.44. The van der Waals surface area contributed by atoms with Crippen LogP contribution in [0.4, 0.5) is 0 Å². The van der Waals surface area contributed by atoms with Crippen LogP contribution in [0.15, 0.2) is 24.3 Å². The van der Waals surface area contributed by atoms with Crippen molar-refractivity contribution in [2.75, 3.05) is 33.4 Å². The van der Waals surface area contributed by atoms with Crippen LogP contribution in [0.3, 0.4) is 0 Å². The van der Waals surface area contributed by atoms with Crippen molar-refractivity contribution in [3.63, 3.8) is 0 Å². The summed E-state index contributed by atoms with van der Waals surface area (Å²) in [6, 6.07) is 7.70. The molecule has 0 aliphatic rings. The summed E-state index contributed by atoms with van der Waals surface area (Å²) in [4.78, 5) is 25.9. The zero-order valence-corrected chi connectivity index (χ0v) is 16.1. The first-order chi connectivity index (χ1) is 11.8. The molecule has 1 rings (SSSR count). The third-order valence-electron chi connectivity index (χ3n) is 4.02. The molecule has 1 amide bonds. The van der Waals surface area contributed by atoms with Gasteiger partial charge in [-0.15, -0.1) is 0 Å². The van der Waals surface area contributed by atoms with Gasteiger partial charge in [-0.05, 0) is 36.5 Å². The Morgan fingerprint density at radius 2 is 1.72 bits per heavy atom. The monoisotopic (exact) mass is 349 g/mol. The molecule has 0 bridgehead atoms. The third kappa shape index (κ3) is 7.26. The van der Waals surface area contributed by atoms with Crippen molar-refractivity contribution < 1.29 is 19.1 Å². The molecule has 0 saturated heterocycles. The van der Waals surface area contributed by atoms with Gasteiger partial charge in [-0.25, -0.2) is 0 Å². The highest BCUT2D eigenvalue weighted by Gasteiger charge is 2.19. The van der Waals surface area contributed by atoms with Gasteiger partial charge in [-0.1, -0.05) is 32.9 Å². The van der Waals surface area contributed by atoms with Crippen molar-refractivity contribution >= 4 is 11.9 Å². The fraction of sp³-hybridized carbons (Fsp3) is 0.600. The minimum Gasteiger partial charge on any atom is -0.469 e. The smallest absolute Gasteiger partial charge is 0.307 e. The lowest BCUT2D eigenvalue weighted by Crippen LogP contribution is -2.34. The van der Waals surface area contributed by atoms with Crippen LogP contribution in [0.1, 0.15) is 56.5 Å². The van der Waals surface area contributed by atoms with Crippen molar-refractivity contribution in [2.24, 2.45) is 0 Å². The third-order valence-corrected chi connectivity index (χ3v) is 4.02. The lowest BCUT2D eigenvalue weighted by molar-refractivity contribution is -0.140. The minimum absolute atomic E-state index is 0.0453. The van der Waals surface area contributed by atoms with Crippen LogP contribution in [0.5, 0.6) is 0 Å². The average molecular weight is 349 g/mol. The number of esters is 1. The van der Waals surface area contributed by atoms with E-state index >= 15 is 0 Å². The van der Waals surface area contributed by atoms with Crippen LogP contribution in [0.2, 0.25) is 0 Å². The Morgan fingerprint density at radius 3 is 2.24 bits per heavy atom. The molecule has 5 nitrogen and oxygen atoms in total. The minimum atomic E-state index is -0.314. The van der Waals surface area contributed by atoms with E-state index in [9.17, 15) is 9.59 Å². The quantitative estimate of drug-likeness (QED) is 0.506. The van der Waals surface area contributed by atoms with Crippen LogP contribution in [0.25, 0.3) is 0 Å². The summed E-state index contributed by atoms with van der Waals surface area (Å²) in [5.41, 5.74) is 1.86. The molecule has 5 heteroatoms. The van der Waals surface area contributed by atoms with Crippen molar-refractivity contribution in [1.29, 1.82) is 0 Å². The molecule has 0 aliphatic carbocycles. The van der Waals surface area contributed by atoms with Gasteiger partial charge in [0.05, 0.1) is 13.5 Å². The highest BCUT2D eigenvalue weighted by atomic mass is 16.5. The number of benzene rings is 1. The maximum Gasteiger partial charge on any atom is 0.307 e. The van der Waals surface area contributed by atoms with Gasteiger partial charge in [-0.3, -0.25) is 9.59 Å². The van der Waals surface area contributed by atoms with Crippen LogP contribution in [0, 0.1) is 0 Å². The lowest BCUT2D eigenvalue weighted by atomic mass is 9.86. The van der Waals surface area contributed by atoms with Crippen LogP contribution < -0.4 is 0 Å². The zero-order chi connectivity index (χ0) is 18.9. The van der Waals surface area contributed by atoms with E-state index in [0.717, 1.165) is 6.42 Å². The Morgan fingerprint density at radius 1 is 1.08 bits per heavy atom. The largest absolute Gasteiger partial charge is 0.469 e. The molecular weight excluding hydrogens is 318 g/mol. The number of carbonyl (C=O) groups excluding carboxylic acids is 2. The Kier molecular flexibility index (Phi) is 8.62. The first-order valence-corrected chi connectivity index (χ1v) is 8.84. The summed E-state index contributed by atoms with van der Waals surface area (Å²) >= 11 is 0. The Hall–Kier alpha value is -1.88. The van der Waals surface area contributed by atoms with Crippen LogP contribution in [-0.2, 0) is 19.7 Å². The maximum absolute atomic E-state index is 12.8. The SMILES string of the molecule is CCOCCCN(CCC(=O)OC)C(=O)c1ccc(C(C)(C)C)cc1. The highest BCUT2D eigenvalue weighted by Crippen LogP contribution is 2.22. The van der Waals surface area contributed by atoms with Crippen molar-refractivity contribution in [3.8, 4) is 0 Å². The van der Waals surface area contributed by atoms with E-state index in [0.29, 0.717) is 31.9 Å². The van der Waals surface area contributed by atoms with E-state index in [-0.39, 0.29) is 23.7 Å². The van der Waals surface area contributed by atoms with Crippen molar-refractivity contribution in [3.05, 3.63) is 35.4 Å². The molecule has 0 heterocycles. The number of amides is 1. The summed E-state index contributed by atoms with van der Waals surface area (Å²) in [5, 5.41) is 0. The number of hydrogen-bond donors (Lipinski definition) is 0. The first-order valence-electron chi connectivity index (χ1n) is 8.84. The molecule has 0 spiro atoms. The number of carbonyl (C=O) groups is 2. The van der Waals surface area contributed by atoms with Gasteiger partial charge in [0.1, 0.15) is 0 Å². The summed E-state index contributed by atoms with van der Waals surface area (Å²) in [7, 11) is 1.36. The molecule has 0 N–H and O–H groups in total. The number of rotatable bonds is 9. The number of ether oxygens (including phenoxy) is 2. The zero-order valence-electron chi connectivity index (χ0n) is 16.1. The normalized spacial score (nSPS) is 11.2. The van der Waals surface area contributed by atoms with E-state index in [4.69, 9.17) is 4.74 Å². The van der Waals surface area contributed by atoms with Gasteiger partial charge >= 0.3 is 5.97 Å². The molecule has 0 unspecified atom stereocenters. The topological polar surface area (TPSA) is 55.8 Å². The average Bonchev–Trinajstić information content (AvgIpc) is 2.59. The second kappa shape index (κ2) is 10.2. The molecule has 0 fully saturated rings. The van der Waals surface area contributed by atoms with E-state index < -0.39 is 0 Å². The second-order valence-corrected chi connectivity index (χ2v) is 7.00. The van der Waals surface area contributed by atoms with Crippen molar-refractivity contribution in [1.82, 2.24) is 4.90 Å². The number of hydrogen-bond acceptors (Lipinski definition) is 4. The van der Waals surface area contributed by atoms with E-state index in [2.05, 4.69) is 25.5 Å². The second-order valence-electron chi connectivity index (χ2n) is 7.00. The maximum atomic E-state index is 12.8. The van der Waals surface area contributed by atoms with Gasteiger partial charge < -0.3 is 14.4 Å². The van der Waals surface area contributed by atoms with E-state index in [1.807, 2.05) is 31.2 Å². The molecule has 1 aromatic carbocycles. The number of methoxy groups -OCH3 is 1. The van der Waals surface area contributed by atoms with E-state index in [1.165, 1.54) is 12.7 Å². The fourth-order valence-corrected chi connectivity index (χ4v) is 2.44. The van der Waals surface area contributed by atoms with E-state index in [1.54, 1.807) is 4.90 Å². The highest BCUT2D eigenvalue weighted by molar-refractivity contribution is 5.94. The Bertz CT molecular complexity index is 546. The van der Waals surface area contributed by atoms with Gasteiger partial charge in [0.15, 0.2) is 0 Å². The molecule has 1 aromatic rings. The molecule has 140 valence electrons. The number of nitrogens with zero attached hydrogens (tertiary/aromatic N) is 1. The molecule has 0 saturated carbocycles. The first kappa shape index (κ1) is 21.2. The molecular formula is C20H31NO4. The molecule has 25 heavy (non-hydrogen) atoms. The van der Waals surface area contributed by atoms with Gasteiger partial charge in [0.25, 0.3) is 5.91 Å². The summed E-state index contributed by atoms with van der Waals surface area (Å²) in [6.07, 6.45) is 0.928. The summed E-state index contributed by atoms with van der Waals surface area (Å²) in [6.45, 7) is 10.5. The van der Waals surface area contributed by atoms with Crippen LogP contribution >= 0.6 is 0 Å². The molecule has 0 radical (unpaired) electrons. The lowest BCUT2D eigenvalue weighted by Gasteiger charge is -2.23. The predicted octanol–water partition coefficient (Wildman–Crippen LogP) is 3.42. The molecule has 0 aliphatic heterocycles. The van der Waals surface area contributed by atoms with Gasteiger partial charge in [0, 0.05) is 31.9 Å². The summed E-state index contributed by atoms with van der Waals surface area (Å²) in [5.74, 6) is -0.383. The standard InChI is InChI=1S/C20H31NO4/c1-6-25-15-7-13-21(14-12-18(22)24-5)19(23)16-8-10-17(11-9-16)20(2,3)4/h8-11H,6-7,12-15H2,1-5H3. The van der Waals surface area contributed by atoms with Crippen LogP contribution in [-0.4, -0.2) is 50.2 Å². The Labute approximate surface area is 151 Å². The van der Waals surface area contributed by atoms with Gasteiger partial charge in [0.2, 0.25) is 0 Å². The molecule has 0 aromatic heterocycles. The summed E-state index contributed by atoms with van der Waals surface area (Å²) < 4.78 is 10.0. The molecule has 0 atom stereocenters. The van der Waals surface area contributed by atoms with Crippen molar-refractivity contribution in [2.45, 2.75) is 46.0 Å². The predicted molar refractivity (Wildman–Crippen MR) is 98.8 cm³/mol. The van der Waals surface area contributed by atoms with Gasteiger partial charge in [-0.2, -0.15) is 0 Å². The Balaban J connectivity index is 2.80.